The third-order valence-electron chi connectivity index (χ3n) is 3.55. The number of hydrogen-bond acceptors (Lipinski definition) is 4. The number of benzene rings is 1. The SMILES string of the molecule is CCNC(=NCc1cccc(OCC)c1OC(F)F)NCC(C)(C)OC. The zero-order chi connectivity index (χ0) is 19.6. The Morgan fingerprint density at radius 2 is 1.96 bits per heavy atom. The van der Waals surface area contributed by atoms with E-state index in [2.05, 4.69) is 20.4 Å². The molecule has 26 heavy (non-hydrogen) atoms. The fraction of sp³-hybridized carbons (Fsp3) is 0.611. The van der Waals surface area contributed by atoms with Crippen LogP contribution in [0.1, 0.15) is 33.3 Å². The molecule has 0 saturated carbocycles. The van der Waals surface area contributed by atoms with Gasteiger partial charge in [0.05, 0.1) is 18.8 Å². The van der Waals surface area contributed by atoms with Crippen LogP contribution in [-0.4, -0.2) is 45.0 Å². The molecule has 0 atom stereocenters. The van der Waals surface area contributed by atoms with E-state index < -0.39 is 6.61 Å². The second-order valence-electron chi connectivity index (χ2n) is 6.07. The molecule has 0 saturated heterocycles. The van der Waals surface area contributed by atoms with Gasteiger partial charge in [-0.25, -0.2) is 4.99 Å². The number of methoxy groups -OCH3 is 1. The van der Waals surface area contributed by atoms with Crippen LogP contribution in [0.25, 0.3) is 0 Å². The molecule has 0 aromatic heterocycles. The van der Waals surface area contributed by atoms with Crippen molar-refractivity contribution in [3.05, 3.63) is 23.8 Å². The minimum absolute atomic E-state index is 0.0150. The molecule has 0 aliphatic carbocycles. The Morgan fingerprint density at radius 1 is 1.23 bits per heavy atom. The van der Waals surface area contributed by atoms with E-state index in [1.807, 2.05) is 20.8 Å². The number of guanidine groups is 1. The van der Waals surface area contributed by atoms with Gasteiger partial charge in [-0.05, 0) is 33.8 Å². The van der Waals surface area contributed by atoms with Crippen LogP contribution in [0.4, 0.5) is 8.78 Å². The van der Waals surface area contributed by atoms with Crippen molar-refractivity contribution in [1.29, 1.82) is 0 Å². The zero-order valence-electron chi connectivity index (χ0n) is 16.1. The molecule has 8 heteroatoms. The lowest BCUT2D eigenvalue weighted by atomic mass is 10.1. The smallest absolute Gasteiger partial charge is 0.387 e. The van der Waals surface area contributed by atoms with Gasteiger partial charge in [-0.1, -0.05) is 12.1 Å². The van der Waals surface area contributed by atoms with Crippen molar-refractivity contribution in [3.63, 3.8) is 0 Å². The van der Waals surface area contributed by atoms with E-state index in [1.165, 1.54) is 0 Å². The molecule has 0 heterocycles. The fourth-order valence-electron chi connectivity index (χ4n) is 2.05. The lowest BCUT2D eigenvalue weighted by molar-refractivity contribution is -0.0520. The van der Waals surface area contributed by atoms with Crippen molar-refractivity contribution in [2.75, 3.05) is 26.8 Å². The van der Waals surface area contributed by atoms with Crippen LogP contribution in [0.3, 0.4) is 0 Å². The summed E-state index contributed by atoms with van der Waals surface area (Å²) in [5, 5.41) is 6.29. The minimum atomic E-state index is -2.94. The molecular formula is C18H29F2N3O3. The first-order chi connectivity index (χ1) is 12.3. The van der Waals surface area contributed by atoms with Gasteiger partial charge in [0, 0.05) is 25.8 Å². The Balaban J connectivity index is 2.98. The van der Waals surface area contributed by atoms with E-state index in [-0.39, 0.29) is 23.6 Å². The standard InChI is InChI=1S/C18H29F2N3O3/c1-6-21-17(23-12-18(3,4)24-5)22-11-13-9-8-10-14(25-7-2)15(13)26-16(19)20/h8-10,16H,6-7,11-12H2,1-5H3,(H2,21,22,23). The van der Waals surface area contributed by atoms with Gasteiger partial charge in [-0.2, -0.15) is 8.78 Å². The zero-order valence-corrected chi connectivity index (χ0v) is 16.1. The first-order valence-corrected chi connectivity index (χ1v) is 8.59. The third kappa shape index (κ3) is 7.43. The van der Waals surface area contributed by atoms with Gasteiger partial charge in [0.15, 0.2) is 17.5 Å². The predicted octanol–water partition coefficient (Wildman–Crippen LogP) is 3.17. The van der Waals surface area contributed by atoms with Gasteiger partial charge in [-0.3, -0.25) is 0 Å². The number of ether oxygens (including phenoxy) is 3. The minimum Gasteiger partial charge on any atom is -0.490 e. The topological polar surface area (TPSA) is 64.1 Å². The maximum Gasteiger partial charge on any atom is 0.387 e. The molecule has 1 aromatic carbocycles. The lowest BCUT2D eigenvalue weighted by Crippen LogP contribution is -2.45. The maximum absolute atomic E-state index is 12.8. The van der Waals surface area contributed by atoms with Gasteiger partial charge in [0.25, 0.3) is 0 Å². The van der Waals surface area contributed by atoms with E-state index in [4.69, 9.17) is 9.47 Å². The summed E-state index contributed by atoms with van der Waals surface area (Å²) in [5.74, 6) is 0.850. The van der Waals surface area contributed by atoms with Crippen molar-refractivity contribution in [2.24, 2.45) is 4.99 Å². The molecule has 0 spiro atoms. The van der Waals surface area contributed by atoms with Gasteiger partial charge in [0.2, 0.25) is 0 Å². The summed E-state index contributed by atoms with van der Waals surface area (Å²) >= 11 is 0. The van der Waals surface area contributed by atoms with Gasteiger partial charge < -0.3 is 24.8 Å². The second kappa shape index (κ2) is 10.8. The Hall–Kier alpha value is -2.09. The van der Waals surface area contributed by atoms with E-state index in [9.17, 15) is 8.78 Å². The van der Waals surface area contributed by atoms with Crippen LogP contribution in [-0.2, 0) is 11.3 Å². The highest BCUT2D eigenvalue weighted by atomic mass is 19.3. The molecule has 0 aliphatic rings. The quantitative estimate of drug-likeness (QED) is 0.487. The number of alkyl halides is 2. The summed E-state index contributed by atoms with van der Waals surface area (Å²) < 4.78 is 41.0. The number of rotatable bonds is 10. The Labute approximate surface area is 153 Å². The molecule has 0 bridgehead atoms. The second-order valence-corrected chi connectivity index (χ2v) is 6.07. The molecular weight excluding hydrogens is 344 g/mol. The largest absolute Gasteiger partial charge is 0.490 e. The molecule has 2 N–H and O–H groups in total. The summed E-state index contributed by atoms with van der Waals surface area (Å²) in [6, 6.07) is 5.01. The molecule has 0 fully saturated rings. The highest BCUT2D eigenvalue weighted by Crippen LogP contribution is 2.33. The number of nitrogens with zero attached hydrogens (tertiary/aromatic N) is 1. The first kappa shape index (κ1) is 22.0. The van der Waals surface area contributed by atoms with Crippen LogP contribution < -0.4 is 20.1 Å². The average Bonchev–Trinajstić information content (AvgIpc) is 2.59. The highest BCUT2D eigenvalue weighted by Gasteiger charge is 2.18. The monoisotopic (exact) mass is 373 g/mol. The number of nitrogens with one attached hydrogen (secondary N) is 2. The molecule has 0 unspecified atom stereocenters. The molecule has 1 rings (SSSR count). The average molecular weight is 373 g/mol. The molecule has 0 amide bonds. The van der Waals surface area contributed by atoms with Crippen molar-refractivity contribution < 1.29 is 23.0 Å². The summed E-state index contributed by atoms with van der Waals surface area (Å²) in [6.07, 6.45) is 0. The molecule has 0 aliphatic heterocycles. The number of aliphatic imine (C=N–C) groups is 1. The molecule has 6 nitrogen and oxygen atoms in total. The molecule has 0 radical (unpaired) electrons. The van der Waals surface area contributed by atoms with Crippen molar-refractivity contribution in [3.8, 4) is 11.5 Å². The maximum atomic E-state index is 12.8. The van der Waals surface area contributed by atoms with Crippen LogP contribution >= 0.6 is 0 Å². The van der Waals surface area contributed by atoms with E-state index >= 15 is 0 Å². The van der Waals surface area contributed by atoms with Gasteiger partial charge in [0.1, 0.15) is 0 Å². The van der Waals surface area contributed by atoms with E-state index in [0.717, 1.165) is 0 Å². The van der Waals surface area contributed by atoms with Gasteiger partial charge >= 0.3 is 6.61 Å². The number of halogens is 2. The van der Waals surface area contributed by atoms with E-state index in [1.54, 1.807) is 32.2 Å². The van der Waals surface area contributed by atoms with Crippen LogP contribution in [0.2, 0.25) is 0 Å². The lowest BCUT2D eigenvalue weighted by Gasteiger charge is -2.24. The number of hydrogen-bond donors (Lipinski definition) is 2. The Bertz CT molecular complexity index is 581. The Morgan fingerprint density at radius 3 is 2.54 bits per heavy atom. The Kier molecular flexibility index (Phi) is 9.12. The predicted molar refractivity (Wildman–Crippen MR) is 98.1 cm³/mol. The van der Waals surface area contributed by atoms with E-state index in [0.29, 0.717) is 31.2 Å². The van der Waals surface area contributed by atoms with Crippen molar-refractivity contribution in [2.45, 2.75) is 46.5 Å². The summed E-state index contributed by atoms with van der Waals surface area (Å²) in [5.41, 5.74) is 0.147. The molecule has 148 valence electrons. The van der Waals surface area contributed by atoms with Crippen LogP contribution in [0.15, 0.2) is 23.2 Å². The molecule has 1 aromatic rings. The first-order valence-electron chi connectivity index (χ1n) is 8.59. The normalized spacial score (nSPS) is 12.2. The van der Waals surface area contributed by atoms with Crippen LogP contribution in [0.5, 0.6) is 11.5 Å². The summed E-state index contributed by atoms with van der Waals surface area (Å²) in [4.78, 5) is 4.45. The highest BCUT2D eigenvalue weighted by molar-refractivity contribution is 5.79. The van der Waals surface area contributed by atoms with Crippen LogP contribution in [0, 0.1) is 0 Å². The summed E-state index contributed by atoms with van der Waals surface area (Å²) in [6.45, 7) is 6.39. The fourth-order valence-corrected chi connectivity index (χ4v) is 2.05. The van der Waals surface area contributed by atoms with Gasteiger partial charge in [-0.15, -0.1) is 0 Å². The summed E-state index contributed by atoms with van der Waals surface area (Å²) in [7, 11) is 1.64. The van der Waals surface area contributed by atoms with Crippen molar-refractivity contribution >= 4 is 5.96 Å². The third-order valence-corrected chi connectivity index (χ3v) is 3.55. The number of para-hydroxylation sites is 1. The van der Waals surface area contributed by atoms with Crippen molar-refractivity contribution in [1.82, 2.24) is 10.6 Å².